The first-order chi connectivity index (χ1) is 24.4. The van der Waals surface area contributed by atoms with E-state index in [-0.39, 0.29) is 5.56 Å². The summed E-state index contributed by atoms with van der Waals surface area (Å²) in [5.41, 5.74) is 8.77. The molecular weight excluding hydrogens is 620 g/mol. The van der Waals surface area contributed by atoms with Crippen LogP contribution in [-0.2, 0) is 12.8 Å². The minimum absolute atomic E-state index is 0.0152. The molecule has 0 spiro atoms. The first-order valence-corrected chi connectivity index (χ1v) is 17.9. The number of nitrogens with one attached hydrogen (secondary N) is 1. The van der Waals surface area contributed by atoms with Crippen LogP contribution >= 0.6 is 0 Å². The highest BCUT2D eigenvalue weighted by atomic mass is 16.5. The molecule has 1 fully saturated rings. The molecule has 0 atom stereocenters. The van der Waals surface area contributed by atoms with Gasteiger partial charge >= 0.3 is 5.76 Å². The smallest absolute Gasteiger partial charge is 0.296 e. The lowest BCUT2D eigenvalue weighted by atomic mass is 9.84. The second-order valence-electron chi connectivity index (χ2n) is 13.3. The van der Waals surface area contributed by atoms with Gasteiger partial charge in [0.15, 0.2) is 5.82 Å². The molecule has 0 amide bonds. The number of hydrogen-bond acceptors (Lipinski definition) is 5. The van der Waals surface area contributed by atoms with E-state index in [1.165, 1.54) is 32.1 Å². The Kier molecular flexibility index (Phi) is 11.3. The van der Waals surface area contributed by atoms with Gasteiger partial charge in [0.1, 0.15) is 5.82 Å². The first-order valence-electron chi connectivity index (χ1n) is 17.9. The summed E-state index contributed by atoms with van der Waals surface area (Å²) in [6, 6.07) is 34.7. The molecular formula is C43H46N4O3. The summed E-state index contributed by atoms with van der Waals surface area (Å²) < 4.78 is 6.43. The number of unbranched alkanes of at least 4 members (excludes halogenated alkanes) is 1. The van der Waals surface area contributed by atoms with Crippen molar-refractivity contribution in [1.29, 1.82) is 0 Å². The summed E-state index contributed by atoms with van der Waals surface area (Å²) in [6.07, 6.45) is 10.4. The SMILES string of the molecule is CCCCc1nc(C)n(-c2cccc(C)c2)c(=O)c1Cc1ccc(-c2ccccc2-c2noc(=O)[nH]2)cc1.c1ccc(C2CCCCC2)cc1. The van der Waals surface area contributed by atoms with E-state index >= 15 is 0 Å². The highest BCUT2D eigenvalue weighted by Gasteiger charge is 2.18. The Labute approximate surface area is 294 Å². The molecule has 7 nitrogen and oxygen atoms in total. The van der Waals surface area contributed by atoms with E-state index in [0.29, 0.717) is 18.1 Å². The lowest BCUT2D eigenvalue weighted by Gasteiger charge is -2.21. The van der Waals surface area contributed by atoms with Crippen LogP contribution in [0.5, 0.6) is 0 Å². The third-order valence-corrected chi connectivity index (χ3v) is 9.60. The molecule has 7 heteroatoms. The number of hydrogen-bond donors (Lipinski definition) is 1. The fourth-order valence-electron chi connectivity index (χ4n) is 6.97. The molecule has 4 aromatic carbocycles. The fourth-order valence-corrected chi connectivity index (χ4v) is 6.97. The fraction of sp³-hybridized carbons (Fsp3) is 0.302. The number of aromatic nitrogens is 4. The van der Waals surface area contributed by atoms with Crippen molar-refractivity contribution in [1.82, 2.24) is 19.7 Å². The number of H-pyrrole nitrogens is 1. The van der Waals surface area contributed by atoms with Crippen LogP contribution in [0.15, 0.2) is 117 Å². The van der Waals surface area contributed by atoms with Crippen LogP contribution in [-0.4, -0.2) is 19.7 Å². The van der Waals surface area contributed by atoms with Crippen LogP contribution in [0.25, 0.3) is 28.2 Å². The van der Waals surface area contributed by atoms with E-state index < -0.39 is 5.76 Å². The third-order valence-electron chi connectivity index (χ3n) is 9.60. The molecule has 0 aliphatic heterocycles. The van der Waals surface area contributed by atoms with Crippen LogP contribution in [0, 0.1) is 13.8 Å². The summed E-state index contributed by atoms with van der Waals surface area (Å²) >= 11 is 0. The van der Waals surface area contributed by atoms with Crippen LogP contribution < -0.4 is 11.3 Å². The van der Waals surface area contributed by atoms with Gasteiger partial charge in [0.2, 0.25) is 0 Å². The van der Waals surface area contributed by atoms with E-state index in [4.69, 9.17) is 9.51 Å². The maximum atomic E-state index is 13.9. The molecule has 2 aromatic heterocycles. The molecule has 1 aliphatic carbocycles. The Morgan fingerprint density at radius 2 is 1.54 bits per heavy atom. The van der Waals surface area contributed by atoms with Crippen LogP contribution in [0.3, 0.4) is 0 Å². The van der Waals surface area contributed by atoms with E-state index in [1.54, 1.807) is 10.1 Å². The summed E-state index contributed by atoms with van der Waals surface area (Å²) in [7, 11) is 0. The van der Waals surface area contributed by atoms with E-state index in [0.717, 1.165) is 69.9 Å². The zero-order chi connectivity index (χ0) is 34.9. The molecule has 0 unspecified atom stereocenters. The predicted octanol–water partition coefficient (Wildman–Crippen LogP) is 9.53. The molecule has 256 valence electrons. The van der Waals surface area contributed by atoms with Gasteiger partial charge in [-0.1, -0.05) is 129 Å². The number of rotatable bonds is 9. The van der Waals surface area contributed by atoms with Gasteiger partial charge in [0.05, 0.1) is 11.4 Å². The summed E-state index contributed by atoms with van der Waals surface area (Å²) in [6.45, 7) is 6.07. The Balaban J connectivity index is 0.000000302. The molecule has 0 bridgehead atoms. The average molecular weight is 667 g/mol. The maximum Gasteiger partial charge on any atom is 0.439 e. The van der Waals surface area contributed by atoms with Crippen LogP contribution in [0.1, 0.15) is 91.6 Å². The Bertz CT molecular complexity index is 2120. The highest BCUT2D eigenvalue weighted by Crippen LogP contribution is 2.32. The van der Waals surface area contributed by atoms with Crippen molar-refractivity contribution < 1.29 is 4.52 Å². The molecule has 50 heavy (non-hydrogen) atoms. The van der Waals surface area contributed by atoms with Crippen molar-refractivity contribution in [3.8, 4) is 28.2 Å². The Morgan fingerprint density at radius 1 is 0.820 bits per heavy atom. The second-order valence-corrected chi connectivity index (χ2v) is 13.3. The summed E-state index contributed by atoms with van der Waals surface area (Å²) in [5, 5.41) is 3.85. The Morgan fingerprint density at radius 3 is 2.22 bits per heavy atom. The zero-order valence-corrected chi connectivity index (χ0v) is 29.3. The lowest BCUT2D eigenvalue weighted by molar-refractivity contribution is 0.388. The van der Waals surface area contributed by atoms with Crippen molar-refractivity contribution in [3.05, 3.63) is 158 Å². The first kappa shape index (κ1) is 34.6. The molecule has 2 heterocycles. The van der Waals surface area contributed by atoms with Gasteiger partial charge < -0.3 is 0 Å². The number of aromatic amines is 1. The highest BCUT2D eigenvalue weighted by molar-refractivity contribution is 5.80. The van der Waals surface area contributed by atoms with Crippen LogP contribution in [0.2, 0.25) is 0 Å². The van der Waals surface area contributed by atoms with Crippen LogP contribution in [0.4, 0.5) is 0 Å². The zero-order valence-electron chi connectivity index (χ0n) is 29.3. The second kappa shape index (κ2) is 16.4. The van der Waals surface area contributed by atoms with Gasteiger partial charge in [-0.05, 0) is 85.4 Å². The molecule has 1 N–H and O–H groups in total. The molecule has 1 aliphatic rings. The molecule has 0 radical (unpaired) electrons. The van der Waals surface area contributed by atoms with Gasteiger partial charge in [-0.2, -0.15) is 0 Å². The third kappa shape index (κ3) is 8.28. The van der Waals surface area contributed by atoms with E-state index in [9.17, 15) is 9.59 Å². The van der Waals surface area contributed by atoms with E-state index in [2.05, 4.69) is 47.4 Å². The largest absolute Gasteiger partial charge is 0.439 e. The predicted molar refractivity (Wildman–Crippen MR) is 201 cm³/mol. The molecule has 1 saturated carbocycles. The summed E-state index contributed by atoms with van der Waals surface area (Å²) in [5.74, 6) is 1.36. The number of aryl methyl sites for hydroxylation is 3. The van der Waals surface area contributed by atoms with Crippen molar-refractivity contribution in [2.45, 2.75) is 84.5 Å². The Hall–Kier alpha value is -5.30. The quantitative estimate of drug-likeness (QED) is 0.166. The van der Waals surface area contributed by atoms with Crippen molar-refractivity contribution in [3.63, 3.8) is 0 Å². The van der Waals surface area contributed by atoms with Crippen molar-refractivity contribution in [2.75, 3.05) is 0 Å². The van der Waals surface area contributed by atoms with Gasteiger partial charge in [-0.15, -0.1) is 0 Å². The van der Waals surface area contributed by atoms with Crippen molar-refractivity contribution in [2.24, 2.45) is 0 Å². The number of nitrogens with zero attached hydrogens (tertiary/aromatic N) is 3. The van der Waals surface area contributed by atoms with Gasteiger partial charge in [-0.3, -0.25) is 18.9 Å². The van der Waals surface area contributed by atoms with Crippen molar-refractivity contribution >= 4 is 0 Å². The molecule has 7 rings (SSSR count). The standard InChI is InChI=1S/C31H30N4O3.C12H16/c1-4-5-13-28-27(30(36)35(21(3)32-28)24-10-8-9-20(2)18-24)19-22-14-16-23(17-15-22)25-11-6-7-12-26(25)29-33-31(37)38-34-29;1-3-7-11(8-4-1)12-9-5-2-6-10-12/h6-12,14-18H,4-5,13,19H2,1-3H3,(H,33,34,37);1,3-4,7-8,12H,2,5-6,9-10H2. The average Bonchev–Trinajstić information content (AvgIpc) is 3.59. The lowest BCUT2D eigenvalue weighted by Crippen LogP contribution is -2.28. The van der Waals surface area contributed by atoms with Gasteiger partial charge in [0, 0.05) is 17.5 Å². The maximum absolute atomic E-state index is 13.9. The van der Waals surface area contributed by atoms with Gasteiger partial charge in [-0.25, -0.2) is 9.78 Å². The minimum atomic E-state index is -0.591. The molecule has 6 aromatic rings. The summed E-state index contributed by atoms with van der Waals surface area (Å²) in [4.78, 5) is 32.9. The topological polar surface area (TPSA) is 93.8 Å². The molecule has 0 saturated heterocycles. The van der Waals surface area contributed by atoms with Gasteiger partial charge in [0.25, 0.3) is 5.56 Å². The normalized spacial score (nSPS) is 13.1. The number of benzene rings is 4. The monoisotopic (exact) mass is 666 g/mol. The van der Waals surface area contributed by atoms with E-state index in [1.807, 2.05) is 86.6 Å². The minimum Gasteiger partial charge on any atom is -0.296 e.